The van der Waals surface area contributed by atoms with Gasteiger partial charge in [0.15, 0.2) is 6.04 Å². The van der Waals surface area contributed by atoms with Crippen LogP contribution in [-0.2, 0) is 15.2 Å². The van der Waals surface area contributed by atoms with E-state index in [4.69, 9.17) is 11.6 Å². The van der Waals surface area contributed by atoms with E-state index in [0.717, 1.165) is 5.56 Å². The summed E-state index contributed by atoms with van der Waals surface area (Å²) in [7, 11) is 0. The van der Waals surface area contributed by atoms with Crippen molar-refractivity contribution in [3.8, 4) is 0 Å². The summed E-state index contributed by atoms with van der Waals surface area (Å²) in [6.45, 7) is 7.71. The quantitative estimate of drug-likeness (QED) is 0.515. The number of carbonyl (C=O) groups excluding carboxylic acids is 2. The maximum Gasteiger partial charge on any atom is 0.253 e. The summed E-state index contributed by atoms with van der Waals surface area (Å²) >= 11 is 5.98. The van der Waals surface area contributed by atoms with Gasteiger partial charge in [0.1, 0.15) is 5.76 Å². The Kier molecular flexibility index (Phi) is 6.69. The molecule has 2 aliphatic rings. The molecule has 1 aliphatic carbocycles. The van der Waals surface area contributed by atoms with Crippen LogP contribution in [0.5, 0.6) is 0 Å². The van der Waals surface area contributed by atoms with Gasteiger partial charge in [-0.25, -0.2) is 0 Å². The Hall–Kier alpha value is -2.09. The molecule has 4 N–H and O–H groups in total. The lowest BCUT2D eigenvalue weighted by atomic mass is 9.66. The van der Waals surface area contributed by atoms with Gasteiger partial charge in [0.05, 0.1) is 11.7 Å². The number of aliphatic hydroxyl groups is 3. The highest BCUT2D eigenvalue weighted by atomic mass is 35.5. The van der Waals surface area contributed by atoms with Crippen molar-refractivity contribution in [2.45, 2.75) is 57.3 Å². The van der Waals surface area contributed by atoms with Crippen molar-refractivity contribution in [3.63, 3.8) is 0 Å². The molecule has 7 nitrogen and oxygen atoms in total. The molecule has 8 heteroatoms. The summed E-state index contributed by atoms with van der Waals surface area (Å²) in [5, 5.41) is 34.3. The third-order valence-corrected chi connectivity index (χ3v) is 6.98. The lowest BCUT2D eigenvalue weighted by Crippen LogP contribution is -2.60. The first kappa shape index (κ1) is 23.6. The average molecular weight is 451 g/mol. The fourth-order valence-corrected chi connectivity index (χ4v) is 4.82. The molecule has 0 aromatic heterocycles. The Morgan fingerprint density at radius 1 is 1.26 bits per heavy atom. The molecule has 1 saturated carbocycles. The van der Waals surface area contributed by atoms with E-state index in [-0.39, 0.29) is 19.0 Å². The Morgan fingerprint density at radius 2 is 1.90 bits per heavy atom. The Bertz CT molecular complexity index is 856. The van der Waals surface area contributed by atoms with Crippen LogP contribution in [0.4, 0.5) is 0 Å². The molecular formula is C23H31ClN2O5. The number of aliphatic hydroxyl groups excluding tert-OH is 2. The lowest BCUT2D eigenvalue weighted by Gasteiger charge is -2.51. The number of nitrogens with one attached hydrogen (secondary N) is 1. The molecule has 1 aliphatic heterocycles. The van der Waals surface area contributed by atoms with E-state index in [1.54, 1.807) is 29.2 Å². The number of hydrogen-bond donors (Lipinski definition) is 4. The summed E-state index contributed by atoms with van der Waals surface area (Å²) < 4.78 is 0. The van der Waals surface area contributed by atoms with Gasteiger partial charge >= 0.3 is 0 Å². The zero-order valence-electron chi connectivity index (χ0n) is 18.0. The molecule has 3 rings (SSSR count). The van der Waals surface area contributed by atoms with E-state index in [1.165, 1.54) is 0 Å². The number of likely N-dealkylation sites (tertiary alicyclic amines) is 1. The molecule has 0 radical (unpaired) electrons. The summed E-state index contributed by atoms with van der Waals surface area (Å²) in [6, 6.07) is 5.77. The van der Waals surface area contributed by atoms with Crippen LogP contribution >= 0.6 is 11.6 Å². The predicted octanol–water partition coefficient (Wildman–Crippen LogP) is 2.50. The van der Waals surface area contributed by atoms with Gasteiger partial charge in [0.25, 0.3) is 5.91 Å². The monoisotopic (exact) mass is 450 g/mol. The zero-order valence-corrected chi connectivity index (χ0v) is 18.7. The number of amides is 2. The van der Waals surface area contributed by atoms with Crippen LogP contribution in [0.15, 0.2) is 36.6 Å². The van der Waals surface area contributed by atoms with Crippen molar-refractivity contribution in [2.75, 3.05) is 13.1 Å². The number of halogens is 1. The lowest BCUT2D eigenvalue weighted by molar-refractivity contribution is -0.155. The zero-order chi connectivity index (χ0) is 23.0. The Balaban J connectivity index is 1.73. The molecule has 170 valence electrons. The van der Waals surface area contributed by atoms with Crippen molar-refractivity contribution in [1.29, 1.82) is 0 Å². The Labute approximate surface area is 187 Å². The van der Waals surface area contributed by atoms with E-state index < -0.39 is 40.7 Å². The number of rotatable bonds is 5. The van der Waals surface area contributed by atoms with Crippen molar-refractivity contribution >= 4 is 23.4 Å². The first-order valence-electron chi connectivity index (χ1n) is 10.6. The van der Waals surface area contributed by atoms with Gasteiger partial charge in [-0.3, -0.25) is 9.59 Å². The standard InChI is InChI=1S/C23H31ClN2O5/c1-14(27)19(25-20(29)15-4-9-18(28)12-15)21(30)26-11-10-23(31,22(2,3)13-26)16-5-7-17(24)8-6-16/h5-8,15,18-19,27-28,31H,1,4,9-13H2,2-3H3,(H,25,29)/t15-,18+,19-,23+/m1/s1. The number of carbonyl (C=O) groups is 2. The molecule has 1 aromatic carbocycles. The second-order valence-electron chi connectivity index (χ2n) is 9.36. The fraction of sp³-hybridized carbons (Fsp3) is 0.565. The number of benzene rings is 1. The minimum atomic E-state index is -1.26. The highest BCUT2D eigenvalue weighted by Crippen LogP contribution is 2.46. The summed E-state index contributed by atoms with van der Waals surface area (Å²) in [6.07, 6.45) is 1.20. The number of piperidine rings is 1. The normalized spacial score (nSPS) is 28.7. The molecule has 1 aromatic rings. The SMILES string of the molecule is C=C(O)[C@@H](NC(=O)[C@@H]1CC[C@H](O)C1)C(=O)N1CC[C@](O)(c2ccc(Cl)cc2)C(C)(C)C1. The molecule has 4 atom stereocenters. The molecule has 0 spiro atoms. The fourth-order valence-electron chi connectivity index (χ4n) is 4.70. The minimum absolute atomic E-state index is 0.229. The van der Waals surface area contributed by atoms with Crippen molar-refractivity contribution in [3.05, 3.63) is 47.2 Å². The van der Waals surface area contributed by atoms with Gasteiger partial charge in [0, 0.05) is 29.4 Å². The molecular weight excluding hydrogens is 420 g/mol. The van der Waals surface area contributed by atoms with Crippen LogP contribution < -0.4 is 5.32 Å². The summed E-state index contributed by atoms with van der Waals surface area (Å²) in [4.78, 5) is 27.3. The highest BCUT2D eigenvalue weighted by molar-refractivity contribution is 6.30. The van der Waals surface area contributed by atoms with Gasteiger partial charge in [-0.05, 0) is 43.4 Å². The van der Waals surface area contributed by atoms with Crippen LogP contribution in [0.25, 0.3) is 0 Å². The molecule has 2 fully saturated rings. The maximum absolute atomic E-state index is 13.2. The van der Waals surface area contributed by atoms with Crippen LogP contribution in [-0.4, -0.2) is 57.3 Å². The van der Waals surface area contributed by atoms with Crippen LogP contribution in [0, 0.1) is 11.3 Å². The number of hydrogen-bond acceptors (Lipinski definition) is 5. The molecule has 31 heavy (non-hydrogen) atoms. The van der Waals surface area contributed by atoms with E-state index in [9.17, 15) is 24.9 Å². The van der Waals surface area contributed by atoms with Crippen LogP contribution in [0.1, 0.15) is 45.1 Å². The van der Waals surface area contributed by atoms with E-state index >= 15 is 0 Å². The van der Waals surface area contributed by atoms with Gasteiger partial charge in [-0.15, -0.1) is 0 Å². The summed E-state index contributed by atoms with van der Waals surface area (Å²) in [5.74, 6) is -1.67. The smallest absolute Gasteiger partial charge is 0.253 e. The summed E-state index contributed by atoms with van der Waals surface area (Å²) in [5.41, 5.74) is -1.14. The van der Waals surface area contributed by atoms with Crippen molar-refractivity contribution < 1.29 is 24.9 Å². The Morgan fingerprint density at radius 3 is 2.42 bits per heavy atom. The van der Waals surface area contributed by atoms with Crippen molar-refractivity contribution in [2.24, 2.45) is 11.3 Å². The molecule has 1 heterocycles. The van der Waals surface area contributed by atoms with Crippen LogP contribution in [0.3, 0.4) is 0 Å². The van der Waals surface area contributed by atoms with Crippen LogP contribution in [0.2, 0.25) is 5.02 Å². The van der Waals surface area contributed by atoms with E-state index in [1.807, 2.05) is 13.8 Å². The topological polar surface area (TPSA) is 110 Å². The predicted molar refractivity (Wildman–Crippen MR) is 117 cm³/mol. The van der Waals surface area contributed by atoms with Gasteiger partial charge in [0.2, 0.25) is 5.91 Å². The molecule has 0 unspecified atom stereocenters. The van der Waals surface area contributed by atoms with Gasteiger partial charge < -0.3 is 25.5 Å². The van der Waals surface area contributed by atoms with E-state index in [0.29, 0.717) is 30.7 Å². The van der Waals surface area contributed by atoms with Crippen molar-refractivity contribution in [1.82, 2.24) is 10.2 Å². The first-order chi connectivity index (χ1) is 14.4. The van der Waals surface area contributed by atoms with Gasteiger partial charge in [-0.1, -0.05) is 44.2 Å². The molecule has 0 bridgehead atoms. The van der Waals surface area contributed by atoms with Gasteiger partial charge in [-0.2, -0.15) is 0 Å². The third-order valence-electron chi connectivity index (χ3n) is 6.73. The second-order valence-corrected chi connectivity index (χ2v) is 9.79. The third kappa shape index (κ3) is 4.73. The first-order valence-corrected chi connectivity index (χ1v) is 11.0. The average Bonchev–Trinajstić information content (AvgIpc) is 3.14. The minimum Gasteiger partial charge on any atom is -0.510 e. The maximum atomic E-state index is 13.2. The largest absolute Gasteiger partial charge is 0.510 e. The highest BCUT2D eigenvalue weighted by Gasteiger charge is 2.50. The molecule has 2 amide bonds. The number of nitrogens with zero attached hydrogens (tertiary/aromatic N) is 1. The molecule has 1 saturated heterocycles. The second kappa shape index (κ2) is 8.81. The van der Waals surface area contributed by atoms with E-state index in [2.05, 4.69) is 11.9 Å².